The van der Waals surface area contributed by atoms with E-state index in [4.69, 9.17) is 24.4 Å². The summed E-state index contributed by atoms with van der Waals surface area (Å²) in [5.41, 5.74) is 0.416. The van der Waals surface area contributed by atoms with Crippen LogP contribution in [0, 0.1) is 5.92 Å². The van der Waals surface area contributed by atoms with E-state index in [1.807, 2.05) is 17.5 Å². The predicted molar refractivity (Wildman–Crippen MR) is 217 cm³/mol. The van der Waals surface area contributed by atoms with E-state index < -0.39 is 73.8 Å². The molecule has 4 amide bonds. The maximum Gasteiger partial charge on any atom is 0.408 e. The summed E-state index contributed by atoms with van der Waals surface area (Å²) in [6.07, 6.45) is 10.2. The van der Waals surface area contributed by atoms with Crippen LogP contribution in [-0.4, -0.2) is 92.7 Å². The van der Waals surface area contributed by atoms with Crippen molar-refractivity contribution in [2.75, 3.05) is 6.54 Å². The van der Waals surface area contributed by atoms with Crippen LogP contribution in [0.15, 0.2) is 17.5 Å². The first-order chi connectivity index (χ1) is 27.4. The molecule has 316 valence electrons. The van der Waals surface area contributed by atoms with Crippen LogP contribution < -0.4 is 20.1 Å². The van der Waals surface area contributed by atoms with Crippen molar-refractivity contribution in [3.8, 4) is 16.7 Å². The van der Waals surface area contributed by atoms with Gasteiger partial charge >= 0.3 is 6.09 Å². The summed E-state index contributed by atoms with van der Waals surface area (Å²) in [4.78, 5) is 72.3. The third-order valence-electron chi connectivity index (χ3n) is 11.9. The average Bonchev–Trinajstić information content (AvgIpc) is 3.92. The van der Waals surface area contributed by atoms with Crippen LogP contribution in [0.25, 0.3) is 10.8 Å². The number of carbonyl (C=O) groups is 4. The van der Waals surface area contributed by atoms with Gasteiger partial charge in [0, 0.05) is 23.3 Å². The van der Waals surface area contributed by atoms with Crippen LogP contribution in [0.2, 0.25) is 0 Å². The molecule has 0 spiro atoms. The number of nitrogens with zero attached hydrogens (tertiary/aromatic N) is 4. The molecule has 0 unspecified atom stereocenters. The molecule has 7 rings (SSSR count). The van der Waals surface area contributed by atoms with Gasteiger partial charge in [0.1, 0.15) is 29.3 Å². The number of sulfonamides is 1. The Bertz CT molecular complexity index is 2070. The van der Waals surface area contributed by atoms with Gasteiger partial charge < -0.3 is 25.0 Å². The maximum absolute atomic E-state index is 14.7. The van der Waals surface area contributed by atoms with E-state index in [1.165, 1.54) is 16.2 Å². The number of aryl methyl sites for hydroxylation is 1. The molecule has 2 aliphatic heterocycles. The van der Waals surface area contributed by atoms with Crippen molar-refractivity contribution in [1.82, 2.24) is 35.2 Å². The summed E-state index contributed by atoms with van der Waals surface area (Å²) >= 11 is 1.47. The van der Waals surface area contributed by atoms with Gasteiger partial charge in [0.2, 0.25) is 27.7 Å². The predicted octanol–water partition coefficient (Wildman–Crippen LogP) is 5.24. The van der Waals surface area contributed by atoms with E-state index in [1.54, 1.807) is 27.7 Å². The van der Waals surface area contributed by atoms with Gasteiger partial charge in [-0.1, -0.05) is 38.8 Å². The molecule has 1 saturated heterocycles. The lowest BCUT2D eigenvalue weighted by Crippen LogP contribution is -2.58. The van der Waals surface area contributed by atoms with E-state index in [-0.39, 0.29) is 25.3 Å². The van der Waals surface area contributed by atoms with E-state index >= 15 is 0 Å². The number of amides is 4. The second-order valence-electron chi connectivity index (χ2n) is 18.1. The molecule has 15 nitrogen and oxygen atoms in total. The Morgan fingerprint density at radius 2 is 1.81 bits per heavy atom. The fraction of sp³-hybridized carbons (Fsp3) is 0.683. The van der Waals surface area contributed by atoms with Crippen LogP contribution in [0.4, 0.5) is 4.79 Å². The Balaban J connectivity index is 1.21. The zero-order valence-electron chi connectivity index (χ0n) is 34.4. The van der Waals surface area contributed by atoms with Crippen molar-refractivity contribution in [3.63, 3.8) is 0 Å². The van der Waals surface area contributed by atoms with Gasteiger partial charge in [0.15, 0.2) is 10.8 Å². The molecule has 2 aromatic rings. The van der Waals surface area contributed by atoms with Crippen LogP contribution in [0.1, 0.15) is 135 Å². The molecule has 2 aromatic heterocycles. The molecule has 5 aliphatic rings. The minimum atomic E-state index is -3.99. The summed E-state index contributed by atoms with van der Waals surface area (Å²) in [5, 5.41) is 8.39. The molecular weight excluding hydrogens is 783 g/mol. The highest BCUT2D eigenvalue weighted by atomic mass is 32.2. The lowest BCUT2D eigenvalue weighted by Gasteiger charge is -2.30. The quantitative estimate of drug-likeness (QED) is 0.294. The maximum atomic E-state index is 14.7. The van der Waals surface area contributed by atoms with Gasteiger partial charge in [-0.15, -0.1) is 11.3 Å². The molecule has 3 aliphatic carbocycles. The van der Waals surface area contributed by atoms with Gasteiger partial charge in [-0.25, -0.2) is 23.2 Å². The molecule has 5 atom stereocenters. The van der Waals surface area contributed by atoms with E-state index in [0.29, 0.717) is 48.8 Å². The lowest BCUT2D eigenvalue weighted by atomic mass is 9.97. The standard InChI is InChI=1S/C41H57N7O8S2/c1-24(2)30-23-57-35(43-30)32-42-28-16-13-12-15-27(28)34(45-32)55-26-20-31-33(49)46-41(37(51)47-58(53,54)40(6)18-19-40)21-25(41)14-10-8-7-9-11-17-29(36(50)48(31)22-26)44-38(52)56-39(3,4)5/h10,14,23-26,29,31H,7-9,11-13,15-22H2,1-6H3,(H,44,52)(H,46,49)(H,47,51)/b14-10-/t25-,26-,29+,31+,41-/m1/s1. The summed E-state index contributed by atoms with van der Waals surface area (Å²) in [5.74, 6) is -1.22. The Hall–Kier alpha value is -4.12. The van der Waals surface area contributed by atoms with E-state index in [0.717, 1.165) is 55.5 Å². The fourth-order valence-corrected chi connectivity index (χ4v) is 10.2. The molecular formula is C41H57N7O8S2. The Morgan fingerprint density at radius 1 is 1.05 bits per heavy atom. The number of ether oxygens (including phenoxy) is 2. The summed E-state index contributed by atoms with van der Waals surface area (Å²) in [6, 6.07) is -2.11. The molecule has 0 bridgehead atoms. The zero-order valence-corrected chi connectivity index (χ0v) is 36.0. The Morgan fingerprint density at radius 3 is 2.52 bits per heavy atom. The first-order valence-electron chi connectivity index (χ1n) is 20.8. The number of allylic oxidation sites excluding steroid dienone is 1. The van der Waals surface area contributed by atoms with Crippen molar-refractivity contribution in [2.24, 2.45) is 5.92 Å². The second-order valence-corrected chi connectivity index (χ2v) is 21.2. The summed E-state index contributed by atoms with van der Waals surface area (Å²) in [6.45, 7) is 11.0. The highest BCUT2D eigenvalue weighted by Crippen LogP contribution is 2.47. The number of alkyl carbamates (subject to hydrolysis) is 1. The molecule has 0 aromatic carbocycles. The molecule has 58 heavy (non-hydrogen) atoms. The summed E-state index contributed by atoms with van der Waals surface area (Å²) in [7, 11) is -3.99. The smallest absolute Gasteiger partial charge is 0.408 e. The highest BCUT2D eigenvalue weighted by Gasteiger charge is 2.63. The topological polar surface area (TPSA) is 199 Å². The SMILES string of the molecule is CC(C)c1csc(-c2nc3c(c(O[C@@H]4C[C@H]5C(=O)N[C@]6(C(=O)NS(=O)(=O)C7(C)CC7)C[C@H]6/C=C\CCCCC[C@H](NC(=O)OC(C)(C)C)C(=O)N5C4)n2)CCCC3)n1. The third-order valence-corrected chi connectivity index (χ3v) is 14.9. The first-order valence-corrected chi connectivity index (χ1v) is 23.1. The van der Waals surface area contributed by atoms with Gasteiger partial charge in [-0.05, 0) is 97.8 Å². The summed E-state index contributed by atoms with van der Waals surface area (Å²) < 4.78 is 39.9. The van der Waals surface area contributed by atoms with Crippen LogP contribution in [0.5, 0.6) is 5.88 Å². The number of hydrogen-bond acceptors (Lipinski definition) is 12. The molecule has 3 fully saturated rings. The number of carbonyl (C=O) groups excluding carboxylic acids is 4. The van der Waals surface area contributed by atoms with Crippen LogP contribution in [-0.2, 0) is 42.0 Å². The van der Waals surface area contributed by atoms with Gasteiger partial charge in [-0.2, -0.15) is 4.98 Å². The Labute approximate surface area is 345 Å². The van der Waals surface area contributed by atoms with Gasteiger partial charge in [0.05, 0.1) is 22.7 Å². The van der Waals surface area contributed by atoms with Crippen molar-refractivity contribution in [1.29, 1.82) is 0 Å². The normalized spacial score (nSPS) is 27.8. The number of nitrogens with one attached hydrogen (secondary N) is 3. The highest BCUT2D eigenvalue weighted by molar-refractivity contribution is 7.91. The van der Waals surface area contributed by atoms with Gasteiger partial charge in [0.25, 0.3) is 5.91 Å². The molecule has 4 heterocycles. The van der Waals surface area contributed by atoms with Crippen molar-refractivity contribution in [3.05, 3.63) is 34.5 Å². The zero-order chi connectivity index (χ0) is 41.6. The van der Waals surface area contributed by atoms with Gasteiger partial charge in [-0.3, -0.25) is 19.1 Å². The fourth-order valence-electron chi connectivity index (χ4n) is 7.96. The number of thiazole rings is 1. The average molecular weight is 840 g/mol. The number of aromatic nitrogens is 3. The first kappa shape index (κ1) is 42.0. The number of hydrogen-bond donors (Lipinski definition) is 3. The largest absolute Gasteiger partial charge is 0.472 e. The number of fused-ring (bicyclic) bond motifs is 3. The Kier molecular flexibility index (Phi) is 11.7. The second kappa shape index (κ2) is 16.1. The minimum Gasteiger partial charge on any atom is -0.472 e. The van der Waals surface area contributed by atoms with Crippen molar-refractivity contribution >= 4 is 45.2 Å². The lowest BCUT2D eigenvalue weighted by molar-refractivity contribution is -0.141. The molecule has 3 N–H and O–H groups in total. The van der Waals surface area contributed by atoms with E-state index in [2.05, 4.69) is 29.2 Å². The molecule has 17 heteroatoms. The third kappa shape index (κ3) is 9.04. The number of rotatable bonds is 8. The van der Waals surface area contributed by atoms with Crippen molar-refractivity contribution in [2.45, 2.75) is 165 Å². The minimum absolute atomic E-state index is 0.00153. The molecule has 0 radical (unpaired) electrons. The van der Waals surface area contributed by atoms with Crippen molar-refractivity contribution < 1.29 is 37.1 Å². The molecule has 2 saturated carbocycles. The monoisotopic (exact) mass is 839 g/mol. The van der Waals surface area contributed by atoms with Crippen LogP contribution in [0.3, 0.4) is 0 Å². The van der Waals surface area contributed by atoms with E-state index in [9.17, 15) is 27.6 Å². The van der Waals surface area contributed by atoms with Crippen LogP contribution >= 0.6 is 11.3 Å².